The highest BCUT2D eigenvalue weighted by atomic mass is 32.2. The van der Waals surface area contributed by atoms with Gasteiger partial charge in [-0.05, 0) is 31.3 Å². The third-order valence-electron chi connectivity index (χ3n) is 2.17. The van der Waals surface area contributed by atoms with E-state index in [4.69, 9.17) is 17.0 Å². The maximum absolute atomic E-state index is 5.76. The third kappa shape index (κ3) is 3.94. The number of hydrogen-bond donors (Lipinski definition) is 2. The van der Waals surface area contributed by atoms with E-state index in [0.717, 1.165) is 17.2 Å². The Bertz CT molecular complexity index is 506. The Labute approximate surface area is 110 Å². The largest absolute Gasteiger partial charge is 0.480 e. The number of ether oxygens (including phenoxy) is 1. The number of H-pyrrole nitrogens is 2. The van der Waals surface area contributed by atoms with Gasteiger partial charge in [0.05, 0.1) is 0 Å². The second-order valence-electron chi connectivity index (χ2n) is 3.58. The highest BCUT2D eigenvalue weighted by Crippen LogP contribution is 2.20. The molecule has 1 heterocycles. The minimum absolute atomic E-state index is 0.106. The maximum atomic E-state index is 5.76. The Balaban J connectivity index is 1.82. The number of nitrogens with one attached hydrogen (secondary N) is 2. The van der Waals surface area contributed by atoms with E-state index in [1.54, 1.807) is 11.8 Å². The zero-order chi connectivity index (χ0) is 12.1. The molecule has 0 saturated heterocycles. The standard InChI is InChI=1S/C12H14N2OS2/c1-9(15-11-5-3-2-4-6-11)17-8-10-7-13-12(16)14-10/h2-7,9H,8H2,1H3,(H2,13,14,16). The molecular formula is C12H14N2OS2. The molecule has 0 aliphatic carbocycles. The highest BCUT2D eigenvalue weighted by Gasteiger charge is 2.05. The first-order chi connectivity index (χ1) is 8.24. The first-order valence-electron chi connectivity index (χ1n) is 5.34. The molecule has 1 unspecified atom stereocenters. The van der Waals surface area contributed by atoms with Crippen molar-refractivity contribution in [1.29, 1.82) is 0 Å². The summed E-state index contributed by atoms with van der Waals surface area (Å²) in [6.07, 6.45) is 1.89. The summed E-state index contributed by atoms with van der Waals surface area (Å²) in [7, 11) is 0. The summed E-state index contributed by atoms with van der Waals surface area (Å²) in [5.74, 6) is 1.75. The Hall–Kier alpha value is -1.20. The highest BCUT2D eigenvalue weighted by molar-refractivity contribution is 7.98. The molecule has 2 aromatic rings. The van der Waals surface area contributed by atoms with Crippen LogP contribution in [0, 0.1) is 4.77 Å². The first kappa shape index (κ1) is 12.3. The molecule has 0 fully saturated rings. The van der Waals surface area contributed by atoms with E-state index in [-0.39, 0.29) is 5.44 Å². The van der Waals surface area contributed by atoms with Crippen molar-refractivity contribution in [2.75, 3.05) is 0 Å². The minimum Gasteiger partial charge on any atom is -0.480 e. The Kier molecular flexibility index (Phi) is 4.28. The topological polar surface area (TPSA) is 40.8 Å². The van der Waals surface area contributed by atoms with Crippen molar-refractivity contribution in [3.8, 4) is 5.75 Å². The van der Waals surface area contributed by atoms with Crippen LogP contribution in [0.1, 0.15) is 12.6 Å². The Morgan fingerprint density at radius 2 is 2.12 bits per heavy atom. The molecular weight excluding hydrogens is 252 g/mol. The molecule has 1 aromatic heterocycles. The normalized spacial score (nSPS) is 12.3. The number of rotatable bonds is 5. The third-order valence-corrected chi connectivity index (χ3v) is 3.43. The van der Waals surface area contributed by atoms with E-state index in [2.05, 4.69) is 9.97 Å². The van der Waals surface area contributed by atoms with Crippen LogP contribution in [0.15, 0.2) is 36.5 Å². The van der Waals surface area contributed by atoms with Crippen molar-refractivity contribution in [1.82, 2.24) is 9.97 Å². The molecule has 0 bridgehead atoms. The van der Waals surface area contributed by atoms with Crippen LogP contribution in [0.4, 0.5) is 0 Å². The van der Waals surface area contributed by atoms with Crippen LogP contribution in [-0.2, 0) is 5.75 Å². The van der Waals surface area contributed by atoms with E-state index in [1.807, 2.05) is 43.5 Å². The predicted octanol–water partition coefficient (Wildman–Crippen LogP) is 3.73. The summed E-state index contributed by atoms with van der Waals surface area (Å²) in [5.41, 5.74) is 1.19. The van der Waals surface area contributed by atoms with Gasteiger partial charge in [-0.2, -0.15) is 0 Å². The van der Waals surface area contributed by atoms with Gasteiger partial charge in [0, 0.05) is 17.6 Å². The van der Waals surface area contributed by atoms with E-state index >= 15 is 0 Å². The summed E-state index contributed by atoms with van der Waals surface area (Å²) in [6, 6.07) is 9.83. The van der Waals surface area contributed by atoms with Gasteiger partial charge in [-0.25, -0.2) is 0 Å². The van der Waals surface area contributed by atoms with Gasteiger partial charge in [0.2, 0.25) is 0 Å². The lowest BCUT2D eigenvalue weighted by Crippen LogP contribution is -2.07. The van der Waals surface area contributed by atoms with Crippen LogP contribution in [0.3, 0.4) is 0 Å². The molecule has 1 atom stereocenters. The molecule has 0 aliphatic heterocycles. The number of para-hydroxylation sites is 1. The van der Waals surface area contributed by atoms with Gasteiger partial charge < -0.3 is 14.7 Å². The Morgan fingerprint density at radius 3 is 2.76 bits per heavy atom. The van der Waals surface area contributed by atoms with Gasteiger partial charge in [0.15, 0.2) is 4.77 Å². The zero-order valence-corrected chi connectivity index (χ0v) is 11.1. The molecule has 2 N–H and O–H groups in total. The molecule has 0 spiro atoms. The fourth-order valence-corrected chi connectivity index (χ4v) is 2.32. The van der Waals surface area contributed by atoms with Gasteiger partial charge in [-0.15, -0.1) is 11.8 Å². The van der Waals surface area contributed by atoms with E-state index in [1.165, 1.54) is 0 Å². The lowest BCUT2D eigenvalue weighted by molar-refractivity contribution is 0.307. The SMILES string of the molecule is CC(Oc1ccccc1)SCc1c[nH]c(=S)[nH]1. The number of thioether (sulfide) groups is 1. The predicted molar refractivity (Wildman–Crippen MR) is 73.8 cm³/mol. The average Bonchev–Trinajstić information content (AvgIpc) is 2.74. The van der Waals surface area contributed by atoms with Gasteiger partial charge in [0.1, 0.15) is 11.2 Å². The number of aromatic nitrogens is 2. The average molecular weight is 266 g/mol. The second kappa shape index (κ2) is 5.93. The molecule has 17 heavy (non-hydrogen) atoms. The lowest BCUT2D eigenvalue weighted by atomic mass is 10.3. The van der Waals surface area contributed by atoms with Crippen LogP contribution in [0.5, 0.6) is 5.75 Å². The van der Waals surface area contributed by atoms with Gasteiger partial charge in [-0.3, -0.25) is 0 Å². The van der Waals surface area contributed by atoms with Gasteiger partial charge in [-0.1, -0.05) is 18.2 Å². The van der Waals surface area contributed by atoms with Crippen LogP contribution in [-0.4, -0.2) is 15.4 Å². The molecule has 0 amide bonds. The smallest absolute Gasteiger partial charge is 0.174 e. The molecule has 90 valence electrons. The van der Waals surface area contributed by atoms with E-state index in [0.29, 0.717) is 4.77 Å². The number of hydrogen-bond acceptors (Lipinski definition) is 3. The molecule has 0 aliphatic rings. The summed E-state index contributed by atoms with van der Waals surface area (Å²) in [6.45, 7) is 2.04. The minimum atomic E-state index is 0.106. The van der Waals surface area contributed by atoms with Crippen molar-refractivity contribution in [2.45, 2.75) is 18.1 Å². The monoisotopic (exact) mass is 266 g/mol. The molecule has 3 nitrogen and oxygen atoms in total. The first-order valence-corrected chi connectivity index (χ1v) is 6.79. The van der Waals surface area contributed by atoms with Crippen molar-refractivity contribution < 1.29 is 4.74 Å². The maximum Gasteiger partial charge on any atom is 0.174 e. The van der Waals surface area contributed by atoms with Crippen molar-refractivity contribution in [2.24, 2.45) is 0 Å². The molecule has 2 rings (SSSR count). The number of aromatic amines is 2. The van der Waals surface area contributed by atoms with Gasteiger partial charge in [0.25, 0.3) is 0 Å². The van der Waals surface area contributed by atoms with E-state index in [9.17, 15) is 0 Å². The quantitative estimate of drug-likeness (QED) is 0.640. The van der Waals surface area contributed by atoms with Crippen LogP contribution < -0.4 is 4.74 Å². The molecule has 0 saturated carbocycles. The summed E-state index contributed by atoms with van der Waals surface area (Å²) in [4.78, 5) is 6.03. The van der Waals surface area contributed by atoms with Crippen molar-refractivity contribution in [3.63, 3.8) is 0 Å². The molecule has 1 aromatic carbocycles. The van der Waals surface area contributed by atoms with Gasteiger partial charge >= 0.3 is 0 Å². The fourth-order valence-electron chi connectivity index (χ4n) is 1.38. The van der Waals surface area contributed by atoms with Crippen molar-refractivity contribution >= 4 is 24.0 Å². The van der Waals surface area contributed by atoms with Crippen LogP contribution in [0.2, 0.25) is 0 Å². The second-order valence-corrected chi connectivity index (χ2v) is 5.27. The number of imidazole rings is 1. The zero-order valence-electron chi connectivity index (χ0n) is 9.47. The number of benzene rings is 1. The lowest BCUT2D eigenvalue weighted by Gasteiger charge is -2.13. The summed E-state index contributed by atoms with van der Waals surface area (Å²) >= 11 is 6.68. The fraction of sp³-hybridized carbons (Fsp3) is 0.250. The van der Waals surface area contributed by atoms with E-state index < -0.39 is 0 Å². The van der Waals surface area contributed by atoms with Crippen molar-refractivity contribution in [3.05, 3.63) is 47.0 Å². The van der Waals surface area contributed by atoms with Crippen LogP contribution in [0.25, 0.3) is 0 Å². The Morgan fingerprint density at radius 1 is 1.35 bits per heavy atom. The molecule has 5 heteroatoms. The summed E-state index contributed by atoms with van der Waals surface area (Å²) < 4.78 is 6.42. The van der Waals surface area contributed by atoms with Crippen LogP contribution >= 0.6 is 24.0 Å². The molecule has 0 radical (unpaired) electrons. The summed E-state index contributed by atoms with van der Waals surface area (Å²) in [5, 5.41) is 0.